The minimum atomic E-state index is -0.808. The van der Waals surface area contributed by atoms with Gasteiger partial charge in [0.25, 0.3) is 0 Å². The molecule has 2 heterocycles. The number of nitrogens with two attached hydrogens (primary N) is 1. The van der Waals surface area contributed by atoms with E-state index in [1.165, 1.54) is 11.3 Å². The Bertz CT molecular complexity index is 385. The molecule has 0 spiro atoms. The Morgan fingerprint density at radius 1 is 1.62 bits per heavy atom. The molecule has 0 aromatic carbocycles. The largest absolute Gasteiger partial charge is 0.381 e. The van der Waals surface area contributed by atoms with E-state index in [-0.39, 0.29) is 5.91 Å². The molecule has 1 aliphatic rings. The second-order valence-corrected chi connectivity index (χ2v) is 4.87. The quantitative estimate of drug-likeness (QED) is 0.806. The molecule has 2 rings (SSSR count). The second-order valence-electron chi connectivity index (χ2n) is 4.02. The summed E-state index contributed by atoms with van der Waals surface area (Å²) in [6.07, 6.45) is 1.12. The van der Waals surface area contributed by atoms with Gasteiger partial charge in [-0.25, -0.2) is 4.98 Å². The summed E-state index contributed by atoms with van der Waals surface area (Å²) < 4.78 is 5.20. The van der Waals surface area contributed by atoms with Crippen molar-refractivity contribution in [3.63, 3.8) is 0 Å². The van der Waals surface area contributed by atoms with Gasteiger partial charge in [0.15, 0.2) is 5.13 Å². The lowest BCUT2D eigenvalue weighted by Crippen LogP contribution is -2.54. The van der Waals surface area contributed by atoms with Crippen molar-refractivity contribution in [1.29, 1.82) is 0 Å². The number of carbonyl (C=O) groups is 1. The highest BCUT2D eigenvalue weighted by Gasteiger charge is 2.36. The van der Waals surface area contributed by atoms with Crippen molar-refractivity contribution in [2.45, 2.75) is 25.3 Å². The third-order valence-electron chi connectivity index (χ3n) is 2.68. The molecular weight excluding hydrogens is 226 g/mol. The van der Waals surface area contributed by atoms with Gasteiger partial charge in [-0.2, -0.15) is 0 Å². The lowest BCUT2D eigenvalue weighted by atomic mass is 9.90. The van der Waals surface area contributed by atoms with Crippen molar-refractivity contribution >= 4 is 22.4 Å². The number of rotatable bonds is 2. The van der Waals surface area contributed by atoms with Crippen LogP contribution in [-0.2, 0) is 9.53 Å². The van der Waals surface area contributed by atoms with Crippen molar-refractivity contribution in [2.24, 2.45) is 5.73 Å². The summed E-state index contributed by atoms with van der Waals surface area (Å²) in [5, 5.41) is 5.26. The summed E-state index contributed by atoms with van der Waals surface area (Å²) in [6.45, 7) is 2.97. The van der Waals surface area contributed by atoms with Crippen LogP contribution in [0.2, 0.25) is 0 Å². The highest BCUT2D eigenvalue weighted by Crippen LogP contribution is 2.21. The minimum Gasteiger partial charge on any atom is -0.381 e. The van der Waals surface area contributed by atoms with E-state index in [0.29, 0.717) is 31.2 Å². The van der Waals surface area contributed by atoms with Gasteiger partial charge in [-0.05, 0) is 19.8 Å². The lowest BCUT2D eigenvalue weighted by molar-refractivity contribution is -0.124. The third kappa shape index (κ3) is 2.40. The highest BCUT2D eigenvalue weighted by atomic mass is 32.1. The van der Waals surface area contributed by atoms with E-state index in [4.69, 9.17) is 10.5 Å². The molecule has 0 saturated carbocycles. The average molecular weight is 241 g/mol. The van der Waals surface area contributed by atoms with Gasteiger partial charge in [0, 0.05) is 18.6 Å². The van der Waals surface area contributed by atoms with Gasteiger partial charge >= 0.3 is 0 Å². The molecule has 0 unspecified atom stereocenters. The summed E-state index contributed by atoms with van der Waals surface area (Å²) in [6, 6.07) is 0. The Morgan fingerprint density at radius 3 is 2.88 bits per heavy atom. The van der Waals surface area contributed by atoms with Crippen LogP contribution in [0.15, 0.2) is 5.38 Å². The van der Waals surface area contributed by atoms with Crippen molar-refractivity contribution < 1.29 is 9.53 Å². The van der Waals surface area contributed by atoms with Crippen molar-refractivity contribution in [3.8, 4) is 0 Å². The third-order valence-corrected chi connectivity index (χ3v) is 3.55. The summed E-state index contributed by atoms with van der Waals surface area (Å²) in [7, 11) is 0. The number of carbonyl (C=O) groups excluding carboxylic acids is 1. The molecule has 16 heavy (non-hydrogen) atoms. The number of amides is 1. The van der Waals surface area contributed by atoms with Crippen LogP contribution in [0.1, 0.15) is 18.5 Å². The van der Waals surface area contributed by atoms with E-state index in [2.05, 4.69) is 10.3 Å². The van der Waals surface area contributed by atoms with Gasteiger partial charge in [-0.15, -0.1) is 11.3 Å². The van der Waals surface area contributed by atoms with E-state index in [9.17, 15) is 4.79 Å². The van der Waals surface area contributed by atoms with Crippen LogP contribution in [-0.4, -0.2) is 29.6 Å². The summed E-state index contributed by atoms with van der Waals surface area (Å²) in [5.74, 6) is -0.162. The smallest absolute Gasteiger partial charge is 0.246 e. The molecule has 1 amide bonds. The van der Waals surface area contributed by atoms with Crippen molar-refractivity contribution in [2.75, 3.05) is 18.5 Å². The predicted molar refractivity (Wildman–Crippen MR) is 62.5 cm³/mol. The second kappa shape index (κ2) is 4.48. The Morgan fingerprint density at radius 2 is 2.31 bits per heavy atom. The fraction of sp³-hybridized carbons (Fsp3) is 0.600. The Hall–Kier alpha value is -0.980. The molecule has 6 heteroatoms. The first-order chi connectivity index (χ1) is 7.60. The maximum atomic E-state index is 12.0. The number of nitrogens with zero attached hydrogens (tertiary/aromatic N) is 1. The van der Waals surface area contributed by atoms with Crippen LogP contribution in [0.25, 0.3) is 0 Å². The van der Waals surface area contributed by atoms with Gasteiger partial charge in [0.1, 0.15) is 5.54 Å². The predicted octanol–water partition coefficient (Wildman–Crippen LogP) is 0.898. The van der Waals surface area contributed by atoms with Crippen molar-refractivity contribution in [1.82, 2.24) is 4.98 Å². The van der Waals surface area contributed by atoms with E-state index < -0.39 is 5.54 Å². The fourth-order valence-electron chi connectivity index (χ4n) is 1.60. The number of ether oxygens (including phenoxy) is 1. The monoisotopic (exact) mass is 241 g/mol. The number of aryl methyl sites for hydroxylation is 1. The first kappa shape index (κ1) is 11.5. The van der Waals surface area contributed by atoms with Gasteiger partial charge < -0.3 is 15.8 Å². The van der Waals surface area contributed by atoms with E-state index in [1.807, 2.05) is 12.3 Å². The minimum absolute atomic E-state index is 0.162. The standard InChI is InChI=1S/C10H15N3O2S/c1-7-6-16-9(12-7)13-8(14)10(11)2-4-15-5-3-10/h6H,2-5,11H2,1H3,(H,12,13,14). The van der Waals surface area contributed by atoms with Crippen LogP contribution in [0.3, 0.4) is 0 Å². The topological polar surface area (TPSA) is 77.2 Å². The van der Waals surface area contributed by atoms with E-state index in [1.54, 1.807) is 0 Å². The zero-order valence-electron chi connectivity index (χ0n) is 9.16. The van der Waals surface area contributed by atoms with E-state index >= 15 is 0 Å². The maximum absolute atomic E-state index is 12.0. The van der Waals surface area contributed by atoms with E-state index in [0.717, 1.165) is 5.69 Å². The Balaban J connectivity index is 2.01. The van der Waals surface area contributed by atoms with Crippen LogP contribution in [0.5, 0.6) is 0 Å². The number of nitrogens with one attached hydrogen (secondary N) is 1. The highest BCUT2D eigenvalue weighted by molar-refractivity contribution is 7.13. The Kier molecular flexibility index (Phi) is 3.22. The van der Waals surface area contributed by atoms with Crippen LogP contribution < -0.4 is 11.1 Å². The van der Waals surface area contributed by atoms with Gasteiger partial charge in [0.2, 0.25) is 5.91 Å². The summed E-state index contributed by atoms with van der Waals surface area (Å²) in [5.41, 5.74) is 6.14. The molecule has 1 aliphatic heterocycles. The van der Waals surface area contributed by atoms with Crippen LogP contribution >= 0.6 is 11.3 Å². The van der Waals surface area contributed by atoms with Gasteiger partial charge in [-0.3, -0.25) is 4.79 Å². The molecule has 5 nitrogen and oxygen atoms in total. The van der Waals surface area contributed by atoms with Crippen LogP contribution in [0, 0.1) is 6.92 Å². The zero-order chi connectivity index (χ0) is 11.6. The Labute approximate surface area is 98.0 Å². The number of hydrogen-bond donors (Lipinski definition) is 2. The maximum Gasteiger partial charge on any atom is 0.246 e. The SMILES string of the molecule is Cc1csc(NC(=O)C2(N)CCOCC2)n1. The molecule has 0 bridgehead atoms. The molecular formula is C10H15N3O2S. The van der Waals surface area contributed by atoms with Gasteiger partial charge in [0.05, 0.1) is 5.69 Å². The van der Waals surface area contributed by atoms with Gasteiger partial charge in [-0.1, -0.05) is 0 Å². The number of thiazole rings is 1. The molecule has 1 saturated heterocycles. The number of anilines is 1. The molecule has 88 valence electrons. The average Bonchev–Trinajstić information content (AvgIpc) is 2.65. The first-order valence-corrected chi connectivity index (χ1v) is 6.08. The summed E-state index contributed by atoms with van der Waals surface area (Å²) in [4.78, 5) is 16.1. The summed E-state index contributed by atoms with van der Waals surface area (Å²) >= 11 is 1.41. The molecule has 0 aliphatic carbocycles. The van der Waals surface area contributed by atoms with Crippen molar-refractivity contribution in [3.05, 3.63) is 11.1 Å². The first-order valence-electron chi connectivity index (χ1n) is 5.20. The molecule has 1 aromatic rings. The van der Waals surface area contributed by atoms with Crippen LogP contribution in [0.4, 0.5) is 5.13 Å². The normalized spacial score (nSPS) is 19.4. The number of hydrogen-bond acceptors (Lipinski definition) is 5. The number of aromatic nitrogens is 1. The molecule has 0 atom stereocenters. The zero-order valence-corrected chi connectivity index (χ0v) is 9.97. The molecule has 3 N–H and O–H groups in total. The molecule has 0 radical (unpaired) electrons. The fourth-order valence-corrected chi connectivity index (χ4v) is 2.28. The molecule has 1 aromatic heterocycles. The molecule has 1 fully saturated rings. The lowest BCUT2D eigenvalue weighted by Gasteiger charge is -2.31.